The fourth-order valence-electron chi connectivity index (χ4n) is 1.28. The van der Waals surface area contributed by atoms with Gasteiger partial charge in [0, 0.05) is 0 Å². The molecule has 0 aromatic carbocycles. The quantitative estimate of drug-likeness (QED) is 0.705. The van der Waals surface area contributed by atoms with Crippen molar-refractivity contribution in [1.29, 1.82) is 5.26 Å². The lowest BCUT2D eigenvalue weighted by Crippen LogP contribution is -2.42. The van der Waals surface area contributed by atoms with Gasteiger partial charge in [0.2, 0.25) is 0 Å². The van der Waals surface area contributed by atoms with Crippen LogP contribution in [-0.4, -0.2) is 30.9 Å². The van der Waals surface area contributed by atoms with Crippen LogP contribution in [-0.2, 0) is 9.47 Å². The third kappa shape index (κ3) is 3.76. The molecule has 0 saturated carbocycles. The Kier molecular flexibility index (Phi) is 3.53. The summed E-state index contributed by atoms with van der Waals surface area (Å²) in [4.78, 5) is 11.4. The van der Waals surface area contributed by atoms with Gasteiger partial charge in [0.25, 0.3) is 0 Å². The summed E-state index contributed by atoms with van der Waals surface area (Å²) in [5, 5.41) is 11.4. The second-order valence-electron chi connectivity index (χ2n) is 4.53. The number of hydrogen-bond acceptors (Lipinski definition) is 4. The fourth-order valence-corrected chi connectivity index (χ4v) is 1.28. The summed E-state index contributed by atoms with van der Waals surface area (Å²) in [7, 11) is 0. The summed E-state index contributed by atoms with van der Waals surface area (Å²) in [6.45, 7) is 6.12. The lowest BCUT2D eigenvalue weighted by atomic mass is 10.1. The Labute approximate surface area is 89.3 Å². The minimum Gasteiger partial charge on any atom is -0.444 e. The van der Waals surface area contributed by atoms with Crippen molar-refractivity contribution in [3.8, 4) is 6.07 Å². The lowest BCUT2D eigenvalue weighted by molar-refractivity contribution is 0.0495. The van der Waals surface area contributed by atoms with E-state index in [1.165, 1.54) is 0 Å². The fraction of sp³-hybridized carbons (Fsp3) is 0.800. The van der Waals surface area contributed by atoms with Crippen molar-refractivity contribution in [2.75, 3.05) is 13.2 Å². The number of carbonyl (C=O) groups excluding carboxylic acids is 1. The van der Waals surface area contributed by atoms with Crippen molar-refractivity contribution >= 4 is 6.09 Å². The molecule has 84 valence electrons. The van der Waals surface area contributed by atoms with Crippen LogP contribution in [0.1, 0.15) is 20.8 Å². The molecule has 1 fully saturated rings. The number of hydrogen-bond donors (Lipinski definition) is 1. The summed E-state index contributed by atoms with van der Waals surface area (Å²) in [6, 6.07) is 1.83. The van der Waals surface area contributed by atoms with Crippen LogP contribution in [0.25, 0.3) is 0 Å². The maximum Gasteiger partial charge on any atom is 0.407 e. The zero-order chi connectivity index (χ0) is 11.5. The molecule has 1 saturated heterocycles. The molecule has 1 aliphatic heterocycles. The van der Waals surface area contributed by atoms with Gasteiger partial charge in [-0.2, -0.15) is 5.26 Å². The van der Waals surface area contributed by atoms with E-state index in [1.54, 1.807) is 20.8 Å². The highest BCUT2D eigenvalue weighted by atomic mass is 16.6. The number of alkyl carbamates (subject to hydrolysis) is 1. The number of nitrogens with zero attached hydrogens (tertiary/aromatic N) is 1. The van der Waals surface area contributed by atoms with Crippen molar-refractivity contribution in [1.82, 2.24) is 5.32 Å². The van der Waals surface area contributed by atoms with E-state index in [0.717, 1.165) is 0 Å². The van der Waals surface area contributed by atoms with Gasteiger partial charge in [0.05, 0.1) is 31.2 Å². The molecule has 1 heterocycles. The first-order chi connectivity index (χ1) is 6.92. The van der Waals surface area contributed by atoms with Crippen LogP contribution in [0.4, 0.5) is 4.79 Å². The maximum absolute atomic E-state index is 11.4. The minimum absolute atomic E-state index is 0.259. The lowest BCUT2D eigenvalue weighted by Gasteiger charge is -2.22. The van der Waals surface area contributed by atoms with Gasteiger partial charge in [-0.1, -0.05) is 0 Å². The zero-order valence-corrected chi connectivity index (χ0v) is 9.24. The number of carbonyl (C=O) groups is 1. The van der Waals surface area contributed by atoms with Crippen molar-refractivity contribution in [3.05, 3.63) is 0 Å². The molecule has 2 atom stereocenters. The monoisotopic (exact) mass is 212 g/mol. The molecule has 1 N–H and O–H groups in total. The van der Waals surface area contributed by atoms with Gasteiger partial charge < -0.3 is 14.8 Å². The molecular formula is C10H16N2O3. The third-order valence-corrected chi connectivity index (χ3v) is 1.95. The molecule has 1 amide bonds. The number of nitrogens with one attached hydrogen (secondary N) is 1. The van der Waals surface area contributed by atoms with E-state index in [1.807, 2.05) is 0 Å². The van der Waals surface area contributed by atoms with Gasteiger partial charge >= 0.3 is 6.09 Å². The second-order valence-corrected chi connectivity index (χ2v) is 4.53. The average molecular weight is 212 g/mol. The van der Waals surface area contributed by atoms with Crippen molar-refractivity contribution in [3.63, 3.8) is 0 Å². The van der Waals surface area contributed by atoms with E-state index in [4.69, 9.17) is 14.7 Å². The van der Waals surface area contributed by atoms with Gasteiger partial charge in [0.15, 0.2) is 0 Å². The molecule has 0 unspecified atom stereocenters. The number of nitriles is 1. The Morgan fingerprint density at radius 3 is 2.73 bits per heavy atom. The van der Waals surface area contributed by atoms with Crippen LogP contribution in [0.5, 0.6) is 0 Å². The van der Waals surface area contributed by atoms with Gasteiger partial charge in [-0.15, -0.1) is 0 Å². The average Bonchev–Trinajstić information content (AvgIpc) is 2.48. The van der Waals surface area contributed by atoms with E-state index in [9.17, 15) is 4.79 Å². The van der Waals surface area contributed by atoms with E-state index in [-0.39, 0.29) is 12.0 Å². The molecule has 0 spiro atoms. The molecule has 15 heavy (non-hydrogen) atoms. The van der Waals surface area contributed by atoms with Crippen LogP contribution < -0.4 is 5.32 Å². The number of amides is 1. The van der Waals surface area contributed by atoms with Crippen LogP contribution in [0, 0.1) is 17.2 Å². The van der Waals surface area contributed by atoms with E-state index in [2.05, 4.69) is 11.4 Å². The largest absolute Gasteiger partial charge is 0.444 e. The van der Waals surface area contributed by atoms with Crippen LogP contribution in [0.15, 0.2) is 0 Å². The van der Waals surface area contributed by atoms with Gasteiger partial charge in [-0.3, -0.25) is 0 Å². The zero-order valence-electron chi connectivity index (χ0n) is 9.24. The van der Waals surface area contributed by atoms with E-state index < -0.39 is 11.7 Å². The SMILES string of the molecule is CC(C)(C)OC(=O)N[C@@H]1COC[C@H]1C#N. The van der Waals surface area contributed by atoms with Crippen molar-refractivity contribution < 1.29 is 14.3 Å². The first-order valence-corrected chi connectivity index (χ1v) is 4.89. The molecule has 1 aliphatic rings. The van der Waals surface area contributed by atoms with Crippen LogP contribution >= 0.6 is 0 Å². The Bertz CT molecular complexity index is 277. The first kappa shape index (κ1) is 11.8. The standard InChI is InChI=1S/C10H16N2O3/c1-10(2,3)15-9(13)12-8-6-14-5-7(8)4-11/h7-8H,5-6H2,1-3H3,(H,12,13)/t7-,8-/m1/s1. The molecule has 0 aliphatic carbocycles. The van der Waals surface area contributed by atoms with Crippen molar-refractivity contribution in [2.45, 2.75) is 32.4 Å². The maximum atomic E-state index is 11.4. The smallest absolute Gasteiger partial charge is 0.407 e. The molecule has 5 nitrogen and oxygen atoms in total. The molecular weight excluding hydrogens is 196 g/mol. The normalized spacial score (nSPS) is 25.7. The highest BCUT2D eigenvalue weighted by Crippen LogP contribution is 2.13. The summed E-state index contributed by atoms with van der Waals surface area (Å²) in [5.74, 6) is -0.280. The third-order valence-electron chi connectivity index (χ3n) is 1.95. The van der Waals surface area contributed by atoms with E-state index in [0.29, 0.717) is 13.2 Å². The summed E-state index contributed by atoms with van der Waals surface area (Å²) < 4.78 is 10.2. The molecule has 0 radical (unpaired) electrons. The van der Waals surface area contributed by atoms with Gasteiger partial charge in [-0.05, 0) is 20.8 Å². The molecule has 0 aromatic rings. The van der Waals surface area contributed by atoms with Gasteiger partial charge in [0.1, 0.15) is 5.60 Å². The van der Waals surface area contributed by atoms with Gasteiger partial charge in [-0.25, -0.2) is 4.79 Å². The van der Waals surface area contributed by atoms with E-state index >= 15 is 0 Å². The predicted molar refractivity (Wildman–Crippen MR) is 53.1 cm³/mol. The highest BCUT2D eigenvalue weighted by molar-refractivity contribution is 5.68. The Balaban J connectivity index is 2.42. The molecule has 5 heteroatoms. The highest BCUT2D eigenvalue weighted by Gasteiger charge is 2.30. The first-order valence-electron chi connectivity index (χ1n) is 4.89. The molecule has 0 bridgehead atoms. The van der Waals surface area contributed by atoms with Crippen LogP contribution in [0.2, 0.25) is 0 Å². The number of ether oxygens (including phenoxy) is 2. The minimum atomic E-state index is -0.522. The topological polar surface area (TPSA) is 71.3 Å². The molecule has 0 aromatic heterocycles. The number of rotatable bonds is 1. The van der Waals surface area contributed by atoms with Crippen molar-refractivity contribution in [2.24, 2.45) is 5.92 Å². The predicted octanol–water partition coefficient (Wildman–Crippen LogP) is 1.05. The second kappa shape index (κ2) is 4.49. The summed E-state index contributed by atoms with van der Waals surface area (Å²) >= 11 is 0. The Morgan fingerprint density at radius 1 is 1.53 bits per heavy atom. The summed E-state index contributed by atoms with van der Waals surface area (Å²) in [6.07, 6.45) is -0.502. The molecule has 1 rings (SSSR count). The Hall–Kier alpha value is -1.28. The van der Waals surface area contributed by atoms with Crippen LogP contribution in [0.3, 0.4) is 0 Å². The Morgan fingerprint density at radius 2 is 2.20 bits per heavy atom. The summed E-state index contributed by atoms with van der Waals surface area (Å²) in [5.41, 5.74) is -0.522.